The number of halogens is 2. The van der Waals surface area contributed by atoms with E-state index < -0.39 is 6.61 Å². The van der Waals surface area contributed by atoms with Crippen LogP contribution >= 0.6 is 0 Å². The largest absolute Gasteiger partial charge is 0.434 e. The third kappa shape index (κ3) is 5.06. The van der Waals surface area contributed by atoms with Crippen LogP contribution in [0.2, 0.25) is 0 Å². The van der Waals surface area contributed by atoms with Gasteiger partial charge in [-0.3, -0.25) is 9.59 Å². The Balaban J connectivity index is 1.53. The van der Waals surface area contributed by atoms with E-state index in [1.54, 1.807) is 15.9 Å². The molecule has 0 bridgehead atoms. The first-order valence-electron chi connectivity index (χ1n) is 9.19. The number of aryl methyl sites for hydroxylation is 1. The second-order valence-electron chi connectivity index (χ2n) is 6.53. The second kappa shape index (κ2) is 9.30. The molecule has 28 heavy (non-hydrogen) atoms. The van der Waals surface area contributed by atoms with Gasteiger partial charge in [0.05, 0.1) is 5.56 Å². The van der Waals surface area contributed by atoms with Gasteiger partial charge < -0.3 is 14.5 Å². The van der Waals surface area contributed by atoms with E-state index in [4.69, 9.17) is 0 Å². The van der Waals surface area contributed by atoms with E-state index in [1.165, 1.54) is 18.2 Å². The molecule has 2 aromatic carbocycles. The summed E-state index contributed by atoms with van der Waals surface area (Å²) >= 11 is 0. The summed E-state index contributed by atoms with van der Waals surface area (Å²) in [5.41, 5.74) is 1.21. The number of alkyl halides is 2. The van der Waals surface area contributed by atoms with Crippen molar-refractivity contribution in [1.82, 2.24) is 9.80 Å². The lowest BCUT2D eigenvalue weighted by molar-refractivity contribution is -0.132. The molecule has 0 aliphatic carbocycles. The summed E-state index contributed by atoms with van der Waals surface area (Å²) in [4.78, 5) is 28.4. The fourth-order valence-corrected chi connectivity index (χ4v) is 3.23. The highest BCUT2D eigenvalue weighted by molar-refractivity contribution is 5.97. The molecule has 3 rings (SSSR count). The highest BCUT2D eigenvalue weighted by Gasteiger charge is 2.26. The summed E-state index contributed by atoms with van der Waals surface area (Å²) in [6.07, 6.45) is 1.10. The number of amides is 2. The van der Waals surface area contributed by atoms with Crippen LogP contribution in [0, 0.1) is 0 Å². The first-order valence-corrected chi connectivity index (χ1v) is 9.19. The van der Waals surface area contributed by atoms with Crippen molar-refractivity contribution in [2.24, 2.45) is 0 Å². The average Bonchev–Trinajstić information content (AvgIpc) is 2.72. The number of piperazine rings is 1. The van der Waals surface area contributed by atoms with Gasteiger partial charge in [0.1, 0.15) is 5.75 Å². The quantitative estimate of drug-likeness (QED) is 0.764. The number of rotatable bonds is 6. The molecule has 1 fully saturated rings. The molecule has 1 heterocycles. The summed E-state index contributed by atoms with van der Waals surface area (Å²) in [5.74, 6) is -0.450. The van der Waals surface area contributed by atoms with E-state index >= 15 is 0 Å². The number of nitrogens with zero attached hydrogens (tertiary/aromatic N) is 2. The Morgan fingerprint density at radius 3 is 2.18 bits per heavy atom. The van der Waals surface area contributed by atoms with Crippen LogP contribution in [-0.4, -0.2) is 54.4 Å². The van der Waals surface area contributed by atoms with Gasteiger partial charge in [0.2, 0.25) is 5.91 Å². The number of benzene rings is 2. The van der Waals surface area contributed by atoms with Crippen molar-refractivity contribution < 1.29 is 23.1 Å². The van der Waals surface area contributed by atoms with Gasteiger partial charge in [-0.2, -0.15) is 8.78 Å². The summed E-state index contributed by atoms with van der Waals surface area (Å²) in [7, 11) is 0. The molecule has 2 amide bonds. The highest BCUT2D eigenvalue weighted by atomic mass is 19.3. The Bertz CT molecular complexity index is 806. The molecule has 1 saturated heterocycles. The molecule has 1 aliphatic rings. The van der Waals surface area contributed by atoms with Crippen LogP contribution < -0.4 is 4.74 Å². The molecular weight excluding hydrogens is 366 g/mol. The van der Waals surface area contributed by atoms with Gasteiger partial charge in [-0.25, -0.2) is 0 Å². The van der Waals surface area contributed by atoms with Crippen molar-refractivity contribution in [3.05, 3.63) is 65.7 Å². The third-order valence-electron chi connectivity index (χ3n) is 4.72. The molecule has 0 radical (unpaired) electrons. The molecule has 0 spiro atoms. The Hall–Kier alpha value is -2.96. The van der Waals surface area contributed by atoms with E-state index in [-0.39, 0.29) is 23.1 Å². The van der Waals surface area contributed by atoms with Crippen molar-refractivity contribution in [2.45, 2.75) is 19.5 Å². The Kier molecular flexibility index (Phi) is 6.57. The Morgan fingerprint density at radius 1 is 0.893 bits per heavy atom. The van der Waals surface area contributed by atoms with Gasteiger partial charge in [-0.05, 0) is 24.1 Å². The van der Waals surface area contributed by atoms with Crippen LogP contribution in [0.1, 0.15) is 22.3 Å². The van der Waals surface area contributed by atoms with Crippen LogP contribution in [0.25, 0.3) is 0 Å². The van der Waals surface area contributed by atoms with Crippen LogP contribution in [-0.2, 0) is 11.2 Å². The summed E-state index contributed by atoms with van der Waals surface area (Å²) in [6, 6.07) is 15.8. The summed E-state index contributed by atoms with van der Waals surface area (Å²) in [6.45, 7) is -1.42. The monoisotopic (exact) mass is 388 g/mol. The lowest BCUT2D eigenvalue weighted by Gasteiger charge is -2.35. The number of carbonyl (C=O) groups is 2. The molecule has 0 aromatic heterocycles. The third-order valence-corrected chi connectivity index (χ3v) is 4.72. The van der Waals surface area contributed by atoms with E-state index in [0.29, 0.717) is 39.0 Å². The number of hydrogen-bond acceptors (Lipinski definition) is 3. The minimum absolute atomic E-state index is 0.0531. The van der Waals surface area contributed by atoms with Crippen molar-refractivity contribution in [3.63, 3.8) is 0 Å². The first-order chi connectivity index (χ1) is 13.5. The zero-order valence-electron chi connectivity index (χ0n) is 15.4. The number of ether oxygens (including phenoxy) is 1. The lowest BCUT2D eigenvalue weighted by Crippen LogP contribution is -2.50. The molecule has 2 aromatic rings. The van der Waals surface area contributed by atoms with E-state index in [9.17, 15) is 18.4 Å². The molecular formula is C21H22F2N2O3. The standard InChI is InChI=1S/C21H22F2N2O3/c22-21(23)28-18-9-5-4-8-17(18)20(27)25-14-12-24(13-15-25)19(26)11-10-16-6-2-1-3-7-16/h1-9,21H,10-15H2. The fraction of sp³-hybridized carbons (Fsp3) is 0.333. The maximum absolute atomic E-state index is 12.7. The highest BCUT2D eigenvalue weighted by Crippen LogP contribution is 2.22. The summed E-state index contributed by atoms with van der Waals surface area (Å²) < 4.78 is 29.5. The number of para-hydroxylation sites is 1. The fourth-order valence-electron chi connectivity index (χ4n) is 3.23. The van der Waals surface area contributed by atoms with E-state index in [1.807, 2.05) is 30.3 Å². The van der Waals surface area contributed by atoms with Gasteiger partial charge in [0.25, 0.3) is 5.91 Å². The molecule has 5 nitrogen and oxygen atoms in total. The minimum Gasteiger partial charge on any atom is -0.434 e. The average molecular weight is 388 g/mol. The predicted octanol–water partition coefficient (Wildman–Crippen LogP) is 3.21. The van der Waals surface area contributed by atoms with Crippen LogP contribution in [0.3, 0.4) is 0 Å². The van der Waals surface area contributed by atoms with E-state index in [2.05, 4.69) is 4.74 Å². The zero-order chi connectivity index (χ0) is 19.9. The Labute approximate surface area is 162 Å². The second-order valence-corrected chi connectivity index (χ2v) is 6.53. The van der Waals surface area contributed by atoms with Gasteiger partial charge in [-0.1, -0.05) is 42.5 Å². The van der Waals surface area contributed by atoms with Crippen LogP contribution in [0.5, 0.6) is 5.75 Å². The van der Waals surface area contributed by atoms with Gasteiger partial charge >= 0.3 is 6.61 Å². The molecule has 0 N–H and O–H groups in total. The maximum Gasteiger partial charge on any atom is 0.387 e. The molecule has 0 unspecified atom stereocenters. The lowest BCUT2D eigenvalue weighted by atomic mass is 10.1. The SMILES string of the molecule is O=C(CCc1ccccc1)N1CCN(C(=O)c2ccccc2OC(F)F)CC1. The van der Waals surface area contributed by atoms with E-state index in [0.717, 1.165) is 5.56 Å². The molecule has 1 aliphatic heterocycles. The topological polar surface area (TPSA) is 49.9 Å². The maximum atomic E-state index is 12.7. The van der Waals surface area contributed by atoms with Crippen molar-refractivity contribution >= 4 is 11.8 Å². The minimum atomic E-state index is -2.99. The van der Waals surface area contributed by atoms with Crippen LogP contribution in [0.4, 0.5) is 8.78 Å². The Morgan fingerprint density at radius 2 is 1.50 bits per heavy atom. The van der Waals surface area contributed by atoms with Crippen molar-refractivity contribution in [3.8, 4) is 5.75 Å². The summed E-state index contributed by atoms with van der Waals surface area (Å²) in [5, 5.41) is 0. The smallest absolute Gasteiger partial charge is 0.387 e. The first kappa shape index (κ1) is 19.8. The van der Waals surface area contributed by atoms with Gasteiger partial charge in [0.15, 0.2) is 0 Å². The van der Waals surface area contributed by atoms with Gasteiger partial charge in [-0.15, -0.1) is 0 Å². The van der Waals surface area contributed by atoms with Crippen molar-refractivity contribution in [2.75, 3.05) is 26.2 Å². The predicted molar refractivity (Wildman–Crippen MR) is 100 cm³/mol. The zero-order valence-corrected chi connectivity index (χ0v) is 15.4. The number of hydrogen-bond donors (Lipinski definition) is 0. The molecule has 0 saturated carbocycles. The normalized spacial score (nSPS) is 14.2. The van der Waals surface area contributed by atoms with Crippen molar-refractivity contribution in [1.29, 1.82) is 0 Å². The molecule has 148 valence electrons. The molecule has 7 heteroatoms. The number of carbonyl (C=O) groups excluding carboxylic acids is 2. The van der Waals surface area contributed by atoms with Crippen LogP contribution in [0.15, 0.2) is 54.6 Å². The van der Waals surface area contributed by atoms with Gasteiger partial charge in [0, 0.05) is 32.6 Å². The molecule has 0 atom stereocenters.